The number of sulfonamides is 1. The van der Waals surface area contributed by atoms with Gasteiger partial charge in [0.15, 0.2) is 0 Å². The van der Waals surface area contributed by atoms with Crippen molar-refractivity contribution in [2.75, 3.05) is 24.2 Å². The van der Waals surface area contributed by atoms with Crippen molar-refractivity contribution in [3.05, 3.63) is 94.5 Å². The molecule has 0 aromatic heterocycles. The van der Waals surface area contributed by atoms with Crippen LogP contribution in [0.1, 0.15) is 37.5 Å². The van der Waals surface area contributed by atoms with Crippen LogP contribution in [0.15, 0.2) is 72.8 Å². The van der Waals surface area contributed by atoms with Crippen molar-refractivity contribution in [1.29, 1.82) is 0 Å². The van der Waals surface area contributed by atoms with Crippen LogP contribution in [0.4, 0.5) is 5.69 Å². The summed E-state index contributed by atoms with van der Waals surface area (Å²) in [7, 11) is -2.35. The highest BCUT2D eigenvalue weighted by Crippen LogP contribution is 2.29. The number of nitrogens with one attached hydrogen (secondary N) is 1. The third-order valence-corrected chi connectivity index (χ3v) is 7.98. The second-order valence-corrected chi connectivity index (χ2v) is 13.3. The standard InChI is InChI=1S/C31H38ClN3O5S/c1-22-26(32)16-11-17-27(22)35(41(6,38)39)21-29(36)34(20-24-14-10-15-25(18-24)40-5)28(30(37)33-31(2,3)4)19-23-12-8-7-9-13-23/h7-18,28H,19-21H2,1-6H3,(H,33,37). The van der Waals surface area contributed by atoms with Crippen molar-refractivity contribution in [3.63, 3.8) is 0 Å². The predicted molar refractivity (Wildman–Crippen MR) is 164 cm³/mol. The highest BCUT2D eigenvalue weighted by atomic mass is 35.5. The first-order valence-electron chi connectivity index (χ1n) is 13.2. The number of anilines is 1. The van der Waals surface area contributed by atoms with Crippen molar-refractivity contribution in [2.45, 2.75) is 52.2 Å². The van der Waals surface area contributed by atoms with Gasteiger partial charge in [-0.05, 0) is 68.7 Å². The van der Waals surface area contributed by atoms with Crippen LogP contribution >= 0.6 is 11.6 Å². The monoisotopic (exact) mass is 599 g/mol. The number of carbonyl (C=O) groups is 2. The Morgan fingerprint density at radius 1 is 0.976 bits per heavy atom. The number of ether oxygens (including phenoxy) is 1. The molecule has 0 aliphatic heterocycles. The Hall–Kier alpha value is -3.56. The Morgan fingerprint density at radius 2 is 1.61 bits per heavy atom. The zero-order valence-corrected chi connectivity index (χ0v) is 25.9. The Kier molecular flexibility index (Phi) is 10.4. The average molecular weight is 600 g/mol. The number of benzene rings is 3. The maximum atomic E-state index is 14.2. The van der Waals surface area contributed by atoms with E-state index < -0.39 is 34.1 Å². The van der Waals surface area contributed by atoms with Gasteiger partial charge in [-0.25, -0.2) is 8.42 Å². The second-order valence-electron chi connectivity index (χ2n) is 11.0. The smallest absolute Gasteiger partial charge is 0.244 e. The summed E-state index contributed by atoms with van der Waals surface area (Å²) in [5.74, 6) is -0.286. The largest absolute Gasteiger partial charge is 0.497 e. The van der Waals surface area contributed by atoms with E-state index in [0.717, 1.165) is 21.7 Å². The molecule has 41 heavy (non-hydrogen) atoms. The van der Waals surface area contributed by atoms with Crippen molar-refractivity contribution in [1.82, 2.24) is 10.2 Å². The van der Waals surface area contributed by atoms with E-state index in [9.17, 15) is 18.0 Å². The summed E-state index contributed by atoms with van der Waals surface area (Å²) in [5, 5.41) is 3.39. The molecule has 8 nitrogen and oxygen atoms in total. The topological polar surface area (TPSA) is 96.0 Å². The first kappa shape index (κ1) is 32.0. The zero-order chi connectivity index (χ0) is 30.4. The summed E-state index contributed by atoms with van der Waals surface area (Å²) in [6, 6.07) is 20.6. The molecule has 3 rings (SSSR count). The molecule has 3 aromatic rings. The summed E-state index contributed by atoms with van der Waals surface area (Å²) in [4.78, 5) is 29.4. The summed E-state index contributed by atoms with van der Waals surface area (Å²) >= 11 is 6.31. The number of carbonyl (C=O) groups excluding carboxylic acids is 2. The minimum Gasteiger partial charge on any atom is -0.497 e. The predicted octanol–water partition coefficient (Wildman–Crippen LogP) is 4.98. The van der Waals surface area contributed by atoms with Gasteiger partial charge in [-0.3, -0.25) is 13.9 Å². The Balaban J connectivity index is 2.12. The summed E-state index contributed by atoms with van der Waals surface area (Å²) in [6.07, 6.45) is 1.27. The molecule has 2 amide bonds. The van der Waals surface area contributed by atoms with Gasteiger partial charge in [-0.1, -0.05) is 60.1 Å². The van der Waals surface area contributed by atoms with Gasteiger partial charge in [0.05, 0.1) is 19.1 Å². The Labute approximate surface area is 248 Å². The molecule has 1 unspecified atom stereocenters. The molecule has 3 aromatic carbocycles. The van der Waals surface area contributed by atoms with Crippen molar-refractivity contribution >= 4 is 39.1 Å². The quantitative estimate of drug-likeness (QED) is 0.335. The van der Waals surface area contributed by atoms with E-state index >= 15 is 0 Å². The van der Waals surface area contributed by atoms with Crippen molar-refractivity contribution in [2.24, 2.45) is 0 Å². The van der Waals surface area contributed by atoms with E-state index in [1.807, 2.05) is 57.2 Å². The lowest BCUT2D eigenvalue weighted by Gasteiger charge is -2.35. The maximum absolute atomic E-state index is 14.2. The number of hydrogen-bond donors (Lipinski definition) is 1. The van der Waals surface area contributed by atoms with E-state index in [0.29, 0.717) is 22.0 Å². The third kappa shape index (κ3) is 8.96. The van der Waals surface area contributed by atoms with Gasteiger partial charge >= 0.3 is 0 Å². The van der Waals surface area contributed by atoms with Gasteiger partial charge in [-0.15, -0.1) is 0 Å². The van der Waals surface area contributed by atoms with Gasteiger partial charge < -0.3 is 15.0 Å². The number of hydrogen-bond acceptors (Lipinski definition) is 5. The molecule has 0 fully saturated rings. The van der Waals surface area contributed by atoms with Gasteiger partial charge in [0.25, 0.3) is 0 Å². The van der Waals surface area contributed by atoms with Crippen LogP contribution in [0.2, 0.25) is 5.02 Å². The van der Waals surface area contributed by atoms with Gasteiger partial charge in [0.1, 0.15) is 18.3 Å². The minimum atomic E-state index is -3.90. The minimum absolute atomic E-state index is 0.0528. The molecule has 0 saturated carbocycles. The molecule has 0 aliphatic rings. The average Bonchev–Trinajstić information content (AvgIpc) is 2.90. The molecule has 0 spiro atoms. The maximum Gasteiger partial charge on any atom is 0.244 e. The molecule has 0 aliphatic carbocycles. The van der Waals surface area contributed by atoms with E-state index in [2.05, 4.69) is 5.32 Å². The second kappa shape index (κ2) is 13.4. The lowest BCUT2D eigenvalue weighted by atomic mass is 10.0. The summed E-state index contributed by atoms with van der Waals surface area (Å²) in [5.41, 5.74) is 1.85. The number of nitrogens with zero attached hydrogens (tertiary/aromatic N) is 2. The first-order valence-corrected chi connectivity index (χ1v) is 15.4. The Morgan fingerprint density at radius 3 is 2.22 bits per heavy atom. The van der Waals surface area contributed by atoms with Crippen LogP contribution in [-0.2, 0) is 32.6 Å². The molecule has 1 N–H and O–H groups in total. The lowest BCUT2D eigenvalue weighted by molar-refractivity contribution is -0.140. The highest BCUT2D eigenvalue weighted by molar-refractivity contribution is 7.92. The van der Waals surface area contributed by atoms with E-state index in [4.69, 9.17) is 16.3 Å². The number of rotatable bonds is 11. The summed E-state index contributed by atoms with van der Waals surface area (Å²) < 4.78 is 32.4. The number of amides is 2. The number of halogens is 1. The zero-order valence-electron chi connectivity index (χ0n) is 24.3. The first-order chi connectivity index (χ1) is 19.2. The van der Waals surface area contributed by atoms with Crippen LogP contribution < -0.4 is 14.4 Å². The van der Waals surface area contributed by atoms with Crippen LogP contribution in [0.3, 0.4) is 0 Å². The van der Waals surface area contributed by atoms with Crippen LogP contribution in [0.25, 0.3) is 0 Å². The van der Waals surface area contributed by atoms with Gasteiger partial charge in [0.2, 0.25) is 21.8 Å². The summed E-state index contributed by atoms with van der Waals surface area (Å²) in [6.45, 7) is 6.84. The molecule has 0 radical (unpaired) electrons. The molecule has 0 bridgehead atoms. The highest BCUT2D eigenvalue weighted by Gasteiger charge is 2.34. The number of methoxy groups -OCH3 is 1. The SMILES string of the molecule is COc1cccc(CN(C(=O)CN(c2cccc(Cl)c2C)S(C)(=O)=O)C(Cc2ccccc2)C(=O)NC(C)(C)C)c1. The van der Waals surface area contributed by atoms with Crippen molar-refractivity contribution < 1.29 is 22.7 Å². The lowest BCUT2D eigenvalue weighted by Crippen LogP contribution is -2.56. The molecule has 0 heterocycles. The fourth-order valence-corrected chi connectivity index (χ4v) is 5.50. The molecule has 220 valence electrons. The normalized spacial score (nSPS) is 12.4. The molecule has 10 heteroatoms. The fraction of sp³-hybridized carbons (Fsp3) is 0.355. The molecular weight excluding hydrogens is 562 g/mol. The molecular formula is C31H38ClN3O5S. The van der Waals surface area contributed by atoms with E-state index in [-0.39, 0.29) is 18.9 Å². The van der Waals surface area contributed by atoms with E-state index in [1.165, 1.54) is 4.90 Å². The Bertz CT molecular complexity index is 1470. The van der Waals surface area contributed by atoms with E-state index in [1.54, 1.807) is 50.4 Å². The molecule has 1 atom stereocenters. The molecule has 0 saturated heterocycles. The van der Waals surface area contributed by atoms with Gasteiger partial charge in [-0.2, -0.15) is 0 Å². The van der Waals surface area contributed by atoms with Crippen molar-refractivity contribution in [3.8, 4) is 5.75 Å². The fourth-order valence-electron chi connectivity index (χ4n) is 4.44. The van der Waals surface area contributed by atoms with Gasteiger partial charge in [0, 0.05) is 23.5 Å². The van der Waals surface area contributed by atoms with Crippen LogP contribution in [0, 0.1) is 6.92 Å². The third-order valence-electron chi connectivity index (χ3n) is 6.44. The van der Waals surface area contributed by atoms with Crippen LogP contribution in [-0.4, -0.2) is 56.6 Å². The van der Waals surface area contributed by atoms with Crippen LogP contribution in [0.5, 0.6) is 5.75 Å².